The van der Waals surface area contributed by atoms with E-state index in [1.165, 1.54) is 30.1 Å². The number of rotatable bonds is 4. The lowest BCUT2D eigenvalue weighted by Gasteiger charge is -2.19. The van der Waals surface area contributed by atoms with Gasteiger partial charge in [-0.15, -0.1) is 11.3 Å². The van der Waals surface area contributed by atoms with Gasteiger partial charge in [-0.1, -0.05) is 0 Å². The summed E-state index contributed by atoms with van der Waals surface area (Å²) in [6.45, 7) is 1.45. The first-order chi connectivity index (χ1) is 10.1. The van der Waals surface area contributed by atoms with Crippen molar-refractivity contribution in [3.05, 3.63) is 16.8 Å². The molecule has 0 aromatic carbocycles. The monoisotopic (exact) mass is 307 g/mol. The molecule has 2 unspecified atom stereocenters. The number of anilines is 1. The van der Waals surface area contributed by atoms with Gasteiger partial charge in [-0.2, -0.15) is 0 Å². The molecule has 2 heterocycles. The summed E-state index contributed by atoms with van der Waals surface area (Å²) in [5.41, 5.74) is 1.24. The third-order valence-electron chi connectivity index (χ3n) is 3.79. The number of hydrogen-bond acceptors (Lipinski definition) is 6. The molecule has 0 radical (unpaired) electrons. The van der Waals surface area contributed by atoms with Crippen LogP contribution >= 0.6 is 11.3 Å². The lowest BCUT2D eigenvalue weighted by atomic mass is 9.97. The summed E-state index contributed by atoms with van der Waals surface area (Å²) >= 11 is 1.66. The third kappa shape index (κ3) is 2.58. The predicted octanol–water partition coefficient (Wildman–Crippen LogP) is 1.82. The molecule has 0 amide bonds. The maximum atomic E-state index is 11.2. The first-order valence-corrected chi connectivity index (χ1v) is 7.82. The first-order valence-electron chi connectivity index (χ1n) is 7.00. The van der Waals surface area contributed by atoms with Gasteiger partial charge >= 0.3 is 5.97 Å². The molecular weight excluding hydrogens is 290 g/mol. The van der Waals surface area contributed by atoms with E-state index in [0.29, 0.717) is 5.82 Å². The highest BCUT2D eigenvalue weighted by Gasteiger charge is 2.26. The SMILES string of the molecule is CC(O)C(Nc1ncnc2sc3c(c12)CCCC3)C(=O)O. The number of fused-ring (bicyclic) bond motifs is 3. The third-order valence-corrected chi connectivity index (χ3v) is 4.99. The van der Waals surface area contributed by atoms with Crippen LogP contribution in [0.2, 0.25) is 0 Å². The predicted molar refractivity (Wildman–Crippen MR) is 80.8 cm³/mol. The van der Waals surface area contributed by atoms with E-state index in [0.717, 1.165) is 29.5 Å². The summed E-state index contributed by atoms with van der Waals surface area (Å²) in [5, 5.41) is 22.6. The highest BCUT2D eigenvalue weighted by Crippen LogP contribution is 2.38. The van der Waals surface area contributed by atoms with Gasteiger partial charge < -0.3 is 15.5 Å². The van der Waals surface area contributed by atoms with Crippen LogP contribution < -0.4 is 5.32 Å². The smallest absolute Gasteiger partial charge is 0.328 e. The van der Waals surface area contributed by atoms with Gasteiger partial charge in [-0.25, -0.2) is 14.8 Å². The summed E-state index contributed by atoms with van der Waals surface area (Å²) in [5.74, 6) is -0.589. The van der Waals surface area contributed by atoms with Crippen LogP contribution in [0, 0.1) is 0 Å². The van der Waals surface area contributed by atoms with E-state index < -0.39 is 18.1 Å². The fourth-order valence-corrected chi connectivity index (χ4v) is 3.96. The second-order valence-electron chi connectivity index (χ2n) is 5.31. The van der Waals surface area contributed by atoms with Gasteiger partial charge in [0.1, 0.15) is 17.0 Å². The Labute approximate surface area is 125 Å². The van der Waals surface area contributed by atoms with Crippen molar-refractivity contribution in [2.75, 3.05) is 5.32 Å². The van der Waals surface area contributed by atoms with Gasteiger partial charge in [-0.3, -0.25) is 0 Å². The number of aliphatic hydroxyl groups is 1. The van der Waals surface area contributed by atoms with Crippen molar-refractivity contribution < 1.29 is 15.0 Å². The van der Waals surface area contributed by atoms with E-state index >= 15 is 0 Å². The summed E-state index contributed by atoms with van der Waals surface area (Å²) in [7, 11) is 0. The second-order valence-corrected chi connectivity index (χ2v) is 6.40. The van der Waals surface area contributed by atoms with Crippen LogP contribution in [0.1, 0.15) is 30.2 Å². The van der Waals surface area contributed by atoms with Crippen molar-refractivity contribution in [3.8, 4) is 0 Å². The lowest BCUT2D eigenvalue weighted by Crippen LogP contribution is -2.39. The molecule has 2 aromatic rings. The van der Waals surface area contributed by atoms with E-state index in [1.807, 2.05) is 0 Å². The topological polar surface area (TPSA) is 95.3 Å². The molecular formula is C14H17N3O3S. The number of hydrogen-bond donors (Lipinski definition) is 3. The molecule has 2 atom stereocenters. The van der Waals surface area contributed by atoms with Crippen molar-refractivity contribution in [2.45, 2.75) is 44.8 Å². The molecule has 0 saturated heterocycles. The average Bonchev–Trinajstić information content (AvgIpc) is 2.83. The Morgan fingerprint density at radius 2 is 2.14 bits per heavy atom. The molecule has 3 N–H and O–H groups in total. The summed E-state index contributed by atoms with van der Waals surface area (Å²) in [4.78, 5) is 22.0. The number of aliphatic carboxylic acids is 1. The Bertz CT molecular complexity index is 683. The van der Waals surface area contributed by atoms with Crippen molar-refractivity contribution in [2.24, 2.45) is 0 Å². The molecule has 0 fully saturated rings. The number of carboxylic acids is 1. The minimum atomic E-state index is -1.10. The van der Waals surface area contributed by atoms with E-state index in [-0.39, 0.29) is 0 Å². The van der Waals surface area contributed by atoms with Crippen LogP contribution in [0.4, 0.5) is 5.82 Å². The van der Waals surface area contributed by atoms with Crippen LogP contribution in [0.3, 0.4) is 0 Å². The van der Waals surface area contributed by atoms with Crippen molar-refractivity contribution in [1.29, 1.82) is 0 Å². The molecule has 0 bridgehead atoms. The van der Waals surface area contributed by atoms with Gasteiger partial charge in [0.2, 0.25) is 0 Å². The molecule has 21 heavy (non-hydrogen) atoms. The Balaban J connectivity index is 2.06. The maximum absolute atomic E-state index is 11.2. The number of nitrogens with one attached hydrogen (secondary N) is 1. The lowest BCUT2D eigenvalue weighted by molar-refractivity contribution is -0.140. The van der Waals surface area contributed by atoms with Crippen LogP contribution in [-0.4, -0.2) is 38.3 Å². The van der Waals surface area contributed by atoms with Crippen LogP contribution in [-0.2, 0) is 17.6 Å². The zero-order chi connectivity index (χ0) is 15.0. The first kappa shape index (κ1) is 14.2. The molecule has 3 rings (SSSR count). The Hall–Kier alpha value is -1.73. The molecule has 0 aliphatic heterocycles. The standard InChI is InChI=1S/C14H17N3O3S/c1-7(18)11(14(19)20)17-12-10-8-4-2-3-5-9(8)21-13(10)16-6-15-12/h6-7,11,18H,2-5H2,1H3,(H,19,20)(H,15,16,17). The normalized spacial score (nSPS) is 17.2. The van der Waals surface area contributed by atoms with Gasteiger partial charge in [0.05, 0.1) is 11.5 Å². The number of aromatic nitrogens is 2. The number of aryl methyl sites for hydroxylation is 2. The molecule has 112 valence electrons. The van der Waals surface area contributed by atoms with Gasteiger partial charge in [0, 0.05) is 4.88 Å². The number of aliphatic hydroxyl groups excluding tert-OH is 1. The molecule has 7 heteroatoms. The molecule has 2 aromatic heterocycles. The number of thiophene rings is 1. The molecule has 0 saturated carbocycles. The molecule has 1 aliphatic carbocycles. The van der Waals surface area contributed by atoms with E-state index in [1.54, 1.807) is 11.3 Å². The largest absolute Gasteiger partial charge is 0.480 e. The van der Waals surface area contributed by atoms with E-state index in [4.69, 9.17) is 0 Å². The number of carboxylic acid groups (broad SMARTS) is 1. The van der Waals surface area contributed by atoms with Gasteiger partial charge in [0.15, 0.2) is 6.04 Å². The Morgan fingerprint density at radius 3 is 2.86 bits per heavy atom. The van der Waals surface area contributed by atoms with Crippen molar-refractivity contribution >= 4 is 33.3 Å². The van der Waals surface area contributed by atoms with Crippen molar-refractivity contribution in [1.82, 2.24) is 9.97 Å². The van der Waals surface area contributed by atoms with Crippen LogP contribution in [0.15, 0.2) is 6.33 Å². The summed E-state index contributed by atoms with van der Waals surface area (Å²) in [6, 6.07) is -1.08. The minimum absolute atomic E-state index is 0.507. The number of nitrogens with zero attached hydrogens (tertiary/aromatic N) is 2. The highest BCUT2D eigenvalue weighted by molar-refractivity contribution is 7.19. The second kappa shape index (κ2) is 5.57. The van der Waals surface area contributed by atoms with Crippen LogP contribution in [0.25, 0.3) is 10.2 Å². The fraction of sp³-hybridized carbons (Fsp3) is 0.500. The quantitative estimate of drug-likeness (QED) is 0.797. The molecule has 6 nitrogen and oxygen atoms in total. The zero-order valence-electron chi connectivity index (χ0n) is 11.7. The van der Waals surface area contributed by atoms with E-state index in [2.05, 4.69) is 15.3 Å². The Kier molecular flexibility index (Phi) is 3.77. The summed E-state index contributed by atoms with van der Waals surface area (Å²) in [6.07, 6.45) is 4.77. The van der Waals surface area contributed by atoms with E-state index in [9.17, 15) is 15.0 Å². The van der Waals surface area contributed by atoms with Crippen molar-refractivity contribution in [3.63, 3.8) is 0 Å². The minimum Gasteiger partial charge on any atom is -0.480 e. The summed E-state index contributed by atoms with van der Waals surface area (Å²) < 4.78 is 0. The fourth-order valence-electron chi connectivity index (χ4n) is 2.74. The molecule has 1 aliphatic rings. The van der Waals surface area contributed by atoms with Gasteiger partial charge in [0.25, 0.3) is 0 Å². The Morgan fingerprint density at radius 1 is 1.38 bits per heavy atom. The van der Waals surface area contributed by atoms with Crippen LogP contribution in [0.5, 0.6) is 0 Å². The molecule has 0 spiro atoms. The number of carbonyl (C=O) groups is 1. The zero-order valence-corrected chi connectivity index (χ0v) is 12.5. The maximum Gasteiger partial charge on any atom is 0.328 e. The average molecular weight is 307 g/mol. The van der Waals surface area contributed by atoms with Gasteiger partial charge in [-0.05, 0) is 38.2 Å². The highest BCUT2D eigenvalue weighted by atomic mass is 32.1.